The van der Waals surface area contributed by atoms with Crippen LogP contribution in [0, 0.1) is 13.8 Å². The van der Waals surface area contributed by atoms with E-state index in [2.05, 4.69) is 15.3 Å². The van der Waals surface area contributed by atoms with Gasteiger partial charge in [-0.05, 0) is 66.9 Å². The highest BCUT2D eigenvalue weighted by Gasteiger charge is 2.11. The highest BCUT2D eigenvalue weighted by atomic mass is 19.3. The largest absolute Gasteiger partial charge is 0.434 e. The fraction of sp³-hybridized carbons (Fsp3) is 0.176. The molecule has 1 amide bonds. The summed E-state index contributed by atoms with van der Waals surface area (Å²) in [6.07, 6.45) is 1.43. The van der Waals surface area contributed by atoms with Crippen LogP contribution in [-0.4, -0.2) is 18.7 Å². The van der Waals surface area contributed by atoms with Gasteiger partial charge in [0.2, 0.25) is 0 Å². The first-order chi connectivity index (χ1) is 11.4. The second-order valence-corrected chi connectivity index (χ2v) is 5.18. The van der Waals surface area contributed by atoms with Crippen LogP contribution < -0.4 is 15.9 Å². The fourth-order valence-corrected chi connectivity index (χ4v) is 2.20. The van der Waals surface area contributed by atoms with Gasteiger partial charge in [-0.15, -0.1) is 0 Å². The monoisotopic (exact) mass is 333 g/mol. The molecule has 0 saturated carbocycles. The normalized spacial score (nSPS) is 11.0. The summed E-state index contributed by atoms with van der Waals surface area (Å²) in [5.41, 5.74) is 10.7. The maximum absolute atomic E-state index is 12.4. The zero-order valence-electron chi connectivity index (χ0n) is 13.2. The van der Waals surface area contributed by atoms with E-state index in [1.807, 2.05) is 0 Å². The third-order valence-corrected chi connectivity index (χ3v) is 3.24. The number of nitrogens with zero attached hydrogens (tertiary/aromatic N) is 1. The summed E-state index contributed by atoms with van der Waals surface area (Å²) < 4.78 is 29.2. The van der Waals surface area contributed by atoms with Crippen LogP contribution in [0.4, 0.5) is 14.5 Å². The number of hydrogen-bond acceptors (Lipinski definition) is 4. The van der Waals surface area contributed by atoms with Gasteiger partial charge in [0, 0.05) is 11.3 Å². The number of anilines is 1. The number of ether oxygens (including phenoxy) is 1. The molecule has 0 aliphatic carbocycles. The number of rotatable bonds is 5. The van der Waals surface area contributed by atoms with Crippen LogP contribution in [-0.2, 0) is 0 Å². The van der Waals surface area contributed by atoms with Crippen molar-refractivity contribution in [3.63, 3.8) is 0 Å². The Morgan fingerprint density at radius 1 is 1.21 bits per heavy atom. The lowest BCUT2D eigenvalue weighted by Crippen LogP contribution is -2.17. The molecule has 0 saturated heterocycles. The number of carbonyl (C=O) groups is 1. The van der Waals surface area contributed by atoms with Crippen molar-refractivity contribution >= 4 is 17.8 Å². The molecule has 0 fully saturated rings. The molecule has 5 nitrogen and oxygen atoms in total. The Labute approximate surface area is 138 Å². The lowest BCUT2D eigenvalue weighted by Gasteiger charge is -2.11. The third-order valence-electron chi connectivity index (χ3n) is 3.24. The van der Waals surface area contributed by atoms with Crippen molar-refractivity contribution in [2.24, 2.45) is 5.10 Å². The summed E-state index contributed by atoms with van der Waals surface area (Å²) in [6, 6.07) is 9.70. The van der Waals surface area contributed by atoms with Gasteiger partial charge < -0.3 is 10.5 Å². The number of halogens is 2. The van der Waals surface area contributed by atoms with Crippen LogP contribution in [0.1, 0.15) is 27.0 Å². The minimum absolute atomic E-state index is 0.146. The Balaban J connectivity index is 2.06. The molecule has 3 N–H and O–H groups in total. The number of nitrogens with one attached hydrogen (secondary N) is 1. The van der Waals surface area contributed by atoms with Gasteiger partial charge in [0.1, 0.15) is 5.75 Å². The SMILES string of the molecule is Cc1cc(/C=N\NC(=O)c2ccc(N)cc2)cc(C)c1OC(F)F. The van der Waals surface area contributed by atoms with Gasteiger partial charge in [0.25, 0.3) is 5.91 Å². The summed E-state index contributed by atoms with van der Waals surface area (Å²) >= 11 is 0. The molecule has 126 valence electrons. The molecule has 0 aliphatic rings. The number of hydrogen-bond donors (Lipinski definition) is 2. The lowest BCUT2D eigenvalue weighted by molar-refractivity contribution is -0.0507. The predicted molar refractivity (Wildman–Crippen MR) is 88.5 cm³/mol. The van der Waals surface area contributed by atoms with E-state index < -0.39 is 6.61 Å². The Morgan fingerprint density at radius 3 is 2.33 bits per heavy atom. The summed E-state index contributed by atoms with van der Waals surface area (Å²) in [7, 11) is 0. The zero-order valence-corrected chi connectivity index (χ0v) is 13.2. The molecule has 2 aromatic rings. The number of carbonyl (C=O) groups excluding carboxylic acids is 1. The van der Waals surface area contributed by atoms with Crippen LogP contribution in [0.5, 0.6) is 5.75 Å². The van der Waals surface area contributed by atoms with Crippen LogP contribution in [0.25, 0.3) is 0 Å². The van der Waals surface area contributed by atoms with Crippen LogP contribution in [0.3, 0.4) is 0 Å². The molecule has 0 atom stereocenters. The fourth-order valence-electron chi connectivity index (χ4n) is 2.20. The van der Waals surface area contributed by atoms with E-state index in [0.29, 0.717) is 27.9 Å². The Kier molecular flexibility index (Phi) is 5.47. The molecular weight excluding hydrogens is 316 g/mol. The van der Waals surface area contributed by atoms with Gasteiger partial charge in [-0.2, -0.15) is 13.9 Å². The number of benzene rings is 2. The van der Waals surface area contributed by atoms with Crippen molar-refractivity contribution in [2.75, 3.05) is 5.73 Å². The smallest absolute Gasteiger partial charge is 0.387 e. The van der Waals surface area contributed by atoms with E-state index in [1.54, 1.807) is 50.2 Å². The highest BCUT2D eigenvalue weighted by molar-refractivity contribution is 5.95. The second kappa shape index (κ2) is 7.54. The van der Waals surface area contributed by atoms with Crippen LogP contribution in [0.2, 0.25) is 0 Å². The number of alkyl halides is 2. The molecule has 0 bridgehead atoms. The summed E-state index contributed by atoms with van der Waals surface area (Å²) in [4.78, 5) is 11.9. The molecule has 0 heterocycles. The molecule has 0 aromatic heterocycles. The number of nitrogen functional groups attached to an aromatic ring is 1. The minimum atomic E-state index is -2.87. The molecule has 0 unspecified atom stereocenters. The van der Waals surface area contributed by atoms with Crippen molar-refractivity contribution in [3.8, 4) is 5.75 Å². The van der Waals surface area contributed by atoms with Crippen molar-refractivity contribution in [2.45, 2.75) is 20.5 Å². The van der Waals surface area contributed by atoms with Crippen molar-refractivity contribution in [1.29, 1.82) is 0 Å². The topological polar surface area (TPSA) is 76.7 Å². The number of aryl methyl sites for hydroxylation is 2. The van der Waals surface area contributed by atoms with Gasteiger partial charge in [-0.3, -0.25) is 4.79 Å². The van der Waals surface area contributed by atoms with Gasteiger partial charge in [0.05, 0.1) is 6.21 Å². The minimum Gasteiger partial charge on any atom is -0.434 e. The maximum Gasteiger partial charge on any atom is 0.387 e. The van der Waals surface area contributed by atoms with Crippen molar-refractivity contribution < 1.29 is 18.3 Å². The molecule has 2 aromatic carbocycles. The van der Waals surface area contributed by atoms with E-state index in [1.165, 1.54) is 6.21 Å². The van der Waals surface area contributed by atoms with Crippen LogP contribution in [0.15, 0.2) is 41.5 Å². The Morgan fingerprint density at radius 2 is 1.79 bits per heavy atom. The van der Waals surface area contributed by atoms with E-state index in [9.17, 15) is 13.6 Å². The first kappa shape index (κ1) is 17.4. The quantitative estimate of drug-likeness (QED) is 0.501. The van der Waals surface area contributed by atoms with E-state index >= 15 is 0 Å². The maximum atomic E-state index is 12.4. The number of amides is 1. The van der Waals surface area contributed by atoms with E-state index in [-0.39, 0.29) is 11.7 Å². The molecule has 0 spiro atoms. The number of hydrazone groups is 1. The van der Waals surface area contributed by atoms with Crippen molar-refractivity contribution in [1.82, 2.24) is 5.43 Å². The number of nitrogens with two attached hydrogens (primary N) is 1. The second-order valence-electron chi connectivity index (χ2n) is 5.18. The first-order valence-corrected chi connectivity index (χ1v) is 7.12. The summed E-state index contributed by atoms with van der Waals surface area (Å²) in [5.74, 6) is -0.231. The molecule has 24 heavy (non-hydrogen) atoms. The molecule has 0 radical (unpaired) electrons. The van der Waals surface area contributed by atoms with E-state index in [4.69, 9.17) is 5.73 Å². The lowest BCUT2D eigenvalue weighted by atomic mass is 10.1. The highest BCUT2D eigenvalue weighted by Crippen LogP contribution is 2.25. The van der Waals surface area contributed by atoms with Gasteiger partial charge >= 0.3 is 6.61 Å². The summed E-state index contributed by atoms with van der Waals surface area (Å²) in [5, 5.41) is 3.87. The molecule has 7 heteroatoms. The molecule has 0 aliphatic heterocycles. The molecular formula is C17H17F2N3O2. The Hall–Kier alpha value is -2.96. The van der Waals surface area contributed by atoms with E-state index in [0.717, 1.165) is 0 Å². The van der Waals surface area contributed by atoms with Crippen molar-refractivity contribution in [3.05, 3.63) is 58.7 Å². The standard InChI is InChI=1S/C17H17F2N3O2/c1-10-7-12(8-11(2)15(10)24-17(18)19)9-21-22-16(23)13-3-5-14(20)6-4-13/h3-9,17H,20H2,1-2H3,(H,22,23)/b21-9-. The predicted octanol–water partition coefficient (Wildman–Crippen LogP) is 3.25. The third kappa shape index (κ3) is 4.52. The molecule has 2 rings (SSSR count). The summed E-state index contributed by atoms with van der Waals surface area (Å²) in [6.45, 7) is 0.449. The average molecular weight is 333 g/mol. The van der Waals surface area contributed by atoms with Gasteiger partial charge in [-0.1, -0.05) is 0 Å². The average Bonchev–Trinajstić information content (AvgIpc) is 2.51. The first-order valence-electron chi connectivity index (χ1n) is 7.12. The van der Waals surface area contributed by atoms with Gasteiger partial charge in [0.15, 0.2) is 0 Å². The Bertz CT molecular complexity index is 736. The van der Waals surface area contributed by atoms with Gasteiger partial charge in [-0.25, -0.2) is 5.43 Å². The zero-order chi connectivity index (χ0) is 17.7. The van der Waals surface area contributed by atoms with Crippen LogP contribution >= 0.6 is 0 Å².